The molecule has 1 N–H and O–H groups in total. The van der Waals surface area contributed by atoms with Crippen molar-refractivity contribution < 1.29 is 14.4 Å². The van der Waals surface area contributed by atoms with Crippen molar-refractivity contribution in [3.8, 4) is 0 Å². The van der Waals surface area contributed by atoms with Crippen molar-refractivity contribution in [2.75, 3.05) is 39.3 Å². The molecular weight excluding hydrogens is 320 g/mol. The Bertz CT molecular complexity index is 583. The molecule has 2 amide bonds. The molecule has 0 atom stereocenters. The van der Waals surface area contributed by atoms with Gasteiger partial charge in [0, 0.05) is 69.9 Å². The van der Waals surface area contributed by atoms with Crippen molar-refractivity contribution in [3.63, 3.8) is 0 Å². The predicted octanol–water partition coefficient (Wildman–Crippen LogP) is 0.715. The van der Waals surface area contributed by atoms with Crippen LogP contribution >= 0.6 is 0 Å². The number of pyridine rings is 1. The lowest BCUT2D eigenvalue weighted by Gasteiger charge is -2.34. The maximum Gasteiger partial charge on any atom is 0.224 e. The third-order valence-corrected chi connectivity index (χ3v) is 4.40. The summed E-state index contributed by atoms with van der Waals surface area (Å²) in [4.78, 5) is 43.9. The van der Waals surface area contributed by atoms with Gasteiger partial charge in [-0.1, -0.05) is 6.92 Å². The van der Waals surface area contributed by atoms with Gasteiger partial charge in [-0.25, -0.2) is 0 Å². The van der Waals surface area contributed by atoms with E-state index in [1.54, 1.807) is 18.3 Å². The highest BCUT2D eigenvalue weighted by atomic mass is 16.2. The van der Waals surface area contributed by atoms with Gasteiger partial charge in [-0.15, -0.1) is 0 Å². The minimum Gasteiger partial charge on any atom is -0.356 e. The number of Topliss-reactive ketones (excluding diaryl/α,β-unsaturated/α-hetero) is 1. The largest absolute Gasteiger partial charge is 0.356 e. The van der Waals surface area contributed by atoms with Crippen molar-refractivity contribution in [2.24, 2.45) is 0 Å². The summed E-state index contributed by atoms with van der Waals surface area (Å²) in [6.45, 7) is 6.76. The molecule has 2 rings (SSSR count). The van der Waals surface area contributed by atoms with E-state index in [4.69, 9.17) is 0 Å². The zero-order valence-corrected chi connectivity index (χ0v) is 14.7. The molecule has 1 aromatic heterocycles. The number of carbonyl (C=O) groups excluding carboxylic acids is 3. The number of aromatic nitrogens is 1. The van der Waals surface area contributed by atoms with Gasteiger partial charge in [0.05, 0.1) is 0 Å². The highest BCUT2D eigenvalue weighted by molar-refractivity contribution is 5.97. The number of nitrogens with zero attached hydrogens (tertiary/aromatic N) is 3. The molecule has 1 aliphatic rings. The molecule has 0 aliphatic carbocycles. The molecule has 7 heteroatoms. The quantitative estimate of drug-likeness (QED) is 0.701. The SMILES string of the molecule is CCN1CCN(C(=O)CCNC(=O)CCC(=O)c2cccnc2)CC1. The van der Waals surface area contributed by atoms with Crippen LogP contribution < -0.4 is 5.32 Å². The average Bonchev–Trinajstić information content (AvgIpc) is 2.66. The van der Waals surface area contributed by atoms with E-state index in [1.165, 1.54) is 6.20 Å². The van der Waals surface area contributed by atoms with E-state index in [1.807, 2.05) is 4.90 Å². The van der Waals surface area contributed by atoms with E-state index in [0.29, 0.717) is 18.5 Å². The summed E-state index contributed by atoms with van der Waals surface area (Å²) in [6, 6.07) is 3.38. The van der Waals surface area contributed by atoms with E-state index < -0.39 is 0 Å². The summed E-state index contributed by atoms with van der Waals surface area (Å²) in [7, 11) is 0. The molecule has 1 aliphatic heterocycles. The number of rotatable bonds is 8. The van der Waals surface area contributed by atoms with Gasteiger partial charge < -0.3 is 15.1 Å². The predicted molar refractivity (Wildman–Crippen MR) is 94.1 cm³/mol. The molecule has 0 saturated carbocycles. The first-order chi connectivity index (χ1) is 12.1. The zero-order chi connectivity index (χ0) is 18.1. The van der Waals surface area contributed by atoms with Gasteiger partial charge in [0.2, 0.25) is 11.8 Å². The number of hydrogen-bond acceptors (Lipinski definition) is 5. The smallest absolute Gasteiger partial charge is 0.224 e. The Kier molecular flexibility index (Phi) is 7.53. The van der Waals surface area contributed by atoms with Crippen LogP contribution in [0.25, 0.3) is 0 Å². The summed E-state index contributed by atoms with van der Waals surface area (Å²) >= 11 is 0. The lowest BCUT2D eigenvalue weighted by molar-refractivity contribution is -0.132. The first-order valence-corrected chi connectivity index (χ1v) is 8.80. The minimum absolute atomic E-state index is 0.0717. The van der Waals surface area contributed by atoms with Gasteiger partial charge in [0.15, 0.2) is 5.78 Å². The summed E-state index contributed by atoms with van der Waals surface area (Å²) < 4.78 is 0. The fourth-order valence-corrected chi connectivity index (χ4v) is 2.77. The van der Waals surface area contributed by atoms with Crippen molar-refractivity contribution in [2.45, 2.75) is 26.2 Å². The highest BCUT2D eigenvalue weighted by Gasteiger charge is 2.19. The van der Waals surface area contributed by atoms with Crippen molar-refractivity contribution in [1.29, 1.82) is 0 Å². The monoisotopic (exact) mass is 346 g/mol. The molecule has 25 heavy (non-hydrogen) atoms. The number of carbonyl (C=O) groups is 3. The molecule has 0 bridgehead atoms. The van der Waals surface area contributed by atoms with Gasteiger partial charge in [-0.2, -0.15) is 0 Å². The second kappa shape index (κ2) is 9.88. The fourth-order valence-electron chi connectivity index (χ4n) is 2.77. The molecular formula is C18H26N4O3. The molecule has 2 heterocycles. The van der Waals surface area contributed by atoms with Crippen LogP contribution in [0.15, 0.2) is 24.5 Å². The molecule has 0 radical (unpaired) electrons. The van der Waals surface area contributed by atoms with E-state index >= 15 is 0 Å². The van der Waals surface area contributed by atoms with Crippen LogP contribution in [-0.4, -0.2) is 71.6 Å². The Morgan fingerprint density at radius 2 is 1.88 bits per heavy atom. The van der Waals surface area contributed by atoms with Crippen LogP contribution in [0.3, 0.4) is 0 Å². The highest BCUT2D eigenvalue weighted by Crippen LogP contribution is 2.05. The van der Waals surface area contributed by atoms with Gasteiger partial charge >= 0.3 is 0 Å². The maximum atomic E-state index is 12.1. The molecule has 0 aromatic carbocycles. The van der Waals surface area contributed by atoms with Crippen LogP contribution in [0.4, 0.5) is 0 Å². The maximum absolute atomic E-state index is 12.1. The normalized spacial score (nSPS) is 15.0. The van der Waals surface area contributed by atoms with Gasteiger partial charge in [-0.05, 0) is 18.7 Å². The third kappa shape index (κ3) is 6.26. The molecule has 0 spiro atoms. The summed E-state index contributed by atoms with van der Waals surface area (Å²) in [5.74, 6) is -0.239. The van der Waals surface area contributed by atoms with Crippen molar-refractivity contribution >= 4 is 17.6 Å². The van der Waals surface area contributed by atoms with Crippen LogP contribution in [0.1, 0.15) is 36.5 Å². The number of piperazine rings is 1. The Balaban J connectivity index is 1.60. The molecule has 1 aromatic rings. The van der Waals surface area contributed by atoms with Crippen LogP contribution in [0.2, 0.25) is 0 Å². The topological polar surface area (TPSA) is 82.6 Å². The van der Waals surface area contributed by atoms with Gasteiger partial charge in [0.25, 0.3) is 0 Å². The fraction of sp³-hybridized carbons (Fsp3) is 0.556. The first-order valence-electron chi connectivity index (χ1n) is 8.80. The number of hydrogen-bond donors (Lipinski definition) is 1. The second-order valence-electron chi connectivity index (χ2n) is 6.08. The number of likely N-dealkylation sites (N-methyl/N-ethyl adjacent to an activating group) is 1. The van der Waals surface area contributed by atoms with Crippen LogP contribution in [0.5, 0.6) is 0 Å². The standard InChI is InChI=1S/C18H26N4O3/c1-2-21-10-12-22(13-11-21)18(25)7-9-20-17(24)6-5-16(23)15-4-3-8-19-14-15/h3-4,8,14H,2,5-7,9-13H2,1H3,(H,20,24). The zero-order valence-electron chi connectivity index (χ0n) is 14.7. The first kappa shape index (κ1) is 19.1. The lowest BCUT2D eigenvalue weighted by Crippen LogP contribution is -2.49. The Labute approximate surface area is 148 Å². The van der Waals surface area contributed by atoms with E-state index in [0.717, 1.165) is 32.7 Å². The molecule has 1 fully saturated rings. The molecule has 7 nitrogen and oxygen atoms in total. The third-order valence-electron chi connectivity index (χ3n) is 4.40. The van der Waals surface area contributed by atoms with E-state index in [2.05, 4.69) is 22.1 Å². The van der Waals surface area contributed by atoms with Gasteiger partial charge in [-0.3, -0.25) is 19.4 Å². The molecule has 0 unspecified atom stereocenters. The Morgan fingerprint density at radius 3 is 2.52 bits per heavy atom. The lowest BCUT2D eigenvalue weighted by atomic mass is 10.1. The minimum atomic E-state index is -0.208. The second-order valence-corrected chi connectivity index (χ2v) is 6.08. The summed E-state index contributed by atoms with van der Waals surface area (Å²) in [6.07, 6.45) is 3.66. The van der Waals surface area contributed by atoms with E-state index in [9.17, 15) is 14.4 Å². The Morgan fingerprint density at radius 1 is 1.12 bits per heavy atom. The van der Waals surface area contributed by atoms with Crippen molar-refractivity contribution in [1.82, 2.24) is 20.1 Å². The molecule has 1 saturated heterocycles. The average molecular weight is 346 g/mol. The number of amides is 2. The summed E-state index contributed by atoms with van der Waals surface area (Å²) in [5, 5.41) is 2.71. The van der Waals surface area contributed by atoms with Crippen LogP contribution in [-0.2, 0) is 9.59 Å². The number of nitrogens with one attached hydrogen (secondary N) is 1. The van der Waals surface area contributed by atoms with Crippen molar-refractivity contribution in [3.05, 3.63) is 30.1 Å². The Hall–Kier alpha value is -2.28. The summed E-state index contributed by atoms with van der Waals surface area (Å²) in [5.41, 5.74) is 0.511. The number of ketones is 1. The van der Waals surface area contributed by atoms with E-state index in [-0.39, 0.29) is 30.4 Å². The molecule has 136 valence electrons. The van der Waals surface area contributed by atoms with Crippen LogP contribution in [0, 0.1) is 0 Å². The van der Waals surface area contributed by atoms with Gasteiger partial charge in [0.1, 0.15) is 0 Å².